The maximum absolute atomic E-state index is 12.2. The lowest BCUT2D eigenvalue weighted by molar-refractivity contribution is 0.581. The van der Waals surface area contributed by atoms with Gasteiger partial charge in [-0.15, -0.1) is 0 Å². The molecule has 2 N–H and O–H groups in total. The summed E-state index contributed by atoms with van der Waals surface area (Å²) in [5.74, 6) is 0. The van der Waals surface area contributed by atoms with Crippen molar-refractivity contribution in [3.05, 3.63) is 59.7 Å². The van der Waals surface area contributed by atoms with Crippen LogP contribution in [0.25, 0.3) is 0 Å². The van der Waals surface area contributed by atoms with Crippen molar-refractivity contribution in [1.29, 1.82) is 0 Å². The molecule has 0 aliphatic heterocycles. The lowest BCUT2D eigenvalue weighted by Gasteiger charge is -2.09. The van der Waals surface area contributed by atoms with Crippen molar-refractivity contribution in [3.8, 4) is 0 Å². The van der Waals surface area contributed by atoms with E-state index in [9.17, 15) is 8.42 Å². The molecule has 0 atom stereocenters. The van der Waals surface area contributed by atoms with Crippen molar-refractivity contribution >= 4 is 15.7 Å². The van der Waals surface area contributed by atoms with E-state index in [0.717, 1.165) is 16.8 Å². The first-order chi connectivity index (χ1) is 9.53. The van der Waals surface area contributed by atoms with E-state index >= 15 is 0 Å². The standard InChI is InChI=1S/C15H18N2O2S/c1-12-5-3-4-6-13(12)11-17-20(18,19)15-9-7-14(16-2)8-10-15/h3-10,16-17H,11H2,1-2H3. The largest absolute Gasteiger partial charge is 0.388 e. The Kier molecular flexibility index (Phi) is 4.42. The van der Waals surface area contributed by atoms with E-state index in [1.165, 1.54) is 0 Å². The lowest BCUT2D eigenvalue weighted by Crippen LogP contribution is -2.23. The van der Waals surface area contributed by atoms with E-state index in [-0.39, 0.29) is 4.90 Å². The molecule has 0 fully saturated rings. The molecule has 0 heterocycles. The van der Waals surface area contributed by atoms with E-state index < -0.39 is 10.0 Å². The molecule has 0 aliphatic rings. The molecule has 0 bridgehead atoms. The molecule has 4 nitrogen and oxygen atoms in total. The predicted molar refractivity (Wildman–Crippen MR) is 81.2 cm³/mol. The van der Waals surface area contributed by atoms with Crippen LogP contribution in [-0.2, 0) is 16.6 Å². The van der Waals surface area contributed by atoms with Crippen LogP contribution in [0.2, 0.25) is 0 Å². The van der Waals surface area contributed by atoms with E-state index in [0.29, 0.717) is 6.54 Å². The fourth-order valence-corrected chi connectivity index (χ4v) is 2.87. The van der Waals surface area contributed by atoms with Crippen molar-refractivity contribution in [2.24, 2.45) is 0 Å². The summed E-state index contributed by atoms with van der Waals surface area (Å²) in [6, 6.07) is 14.4. The van der Waals surface area contributed by atoms with Crippen LogP contribution in [0.3, 0.4) is 0 Å². The molecule has 0 spiro atoms. The maximum Gasteiger partial charge on any atom is 0.240 e. The summed E-state index contributed by atoms with van der Waals surface area (Å²) < 4.78 is 27.0. The third-order valence-electron chi connectivity index (χ3n) is 3.17. The Morgan fingerprint density at radius 1 is 1.00 bits per heavy atom. The van der Waals surface area contributed by atoms with Gasteiger partial charge in [0, 0.05) is 19.3 Å². The summed E-state index contributed by atoms with van der Waals surface area (Å²) in [4.78, 5) is 0.269. The van der Waals surface area contributed by atoms with Gasteiger partial charge in [0.15, 0.2) is 0 Å². The van der Waals surface area contributed by atoms with E-state index in [2.05, 4.69) is 10.0 Å². The number of anilines is 1. The molecule has 106 valence electrons. The zero-order chi connectivity index (χ0) is 14.6. The number of nitrogens with one attached hydrogen (secondary N) is 2. The van der Waals surface area contributed by atoms with Crippen LogP contribution in [-0.4, -0.2) is 15.5 Å². The molecule has 0 aliphatic carbocycles. The van der Waals surface area contributed by atoms with Crippen LogP contribution in [0.4, 0.5) is 5.69 Å². The summed E-state index contributed by atoms with van der Waals surface area (Å²) >= 11 is 0. The fraction of sp³-hybridized carbons (Fsp3) is 0.200. The van der Waals surface area contributed by atoms with E-state index in [1.807, 2.05) is 31.2 Å². The average molecular weight is 290 g/mol. The third-order valence-corrected chi connectivity index (χ3v) is 4.58. The Labute approximate surface area is 119 Å². The smallest absolute Gasteiger partial charge is 0.240 e. The normalized spacial score (nSPS) is 11.3. The number of rotatable bonds is 5. The first-order valence-electron chi connectivity index (χ1n) is 6.35. The molecule has 0 saturated heterocycles. The monoisotopic (exact) mass is 290 g/mol. The molecular weight excluding hydrogens is 272 g/mol. The number of aryl methyl sites for hydroxylation is 1. The predicted octanol–water partition coefficient (Wildman–Crippen LogP) is 2.52. The highest BCUT2D eigenvalue weighted by atomic mass is 32.2. The van der Waals surface area contributed by atoms with Crippen molar-refractivity contribution in [2.75, 3.05) is 12.4 Å². The highest BCUT2D eigenvalue weighted by Gasteiger charge is 2.13. The second kappa shape index (κ2) is 6.07. The molecule has 0 aromatic heterocycles. The van der Waals surface area contributed by atoms with Gasteiger partial charge in [0.1, 0.15) is 0 Å². The minimum Gasteiger partial charge on any atom is -0.388 e. The number of hydrogen-bond donors (Lipinski definition) is 2. The van der Waals surface area contributed by atoms with Crippen molar-refractivity contribution in [2.45, 2.75) is 18.4 Å². The zero-order valence-electron chi connectivity index (χ0n) is 11.6. The van der Waals surface area contributed by atoms with Crippen LogP contribution in [0.1, 0.15) is 11.1 Å². The van der Waals surface area contributed by atoms with Gasteiger partial charge >= 0.3 is 0 Å². The highest BCUT2D eigenvalue weighted by molar-refractivity contribution is 7.89. The second-order valence-corrected chi connectivity index (χ2v) is 6.29. The van der Waals surface area contributed by atoms with Crippen LogP contribution in [0.15, 0.2) is 53.4 Å². The molecule has 2 aromatic carbocycles. The van der Waals surface area contributed by atoms with Crippen molar-refractivity contribution < 1.29 is 8.42 Å². The van der Waals surface area contributed by atoms with Crippen LogP contribution < -0.4 is 10.0 Å². The van der Waals surface area contributed by atoms with Gasteiger partial charge in [-0.2, -0.15) is 0 Å². The van der Waals surface area contributed by atoms with Gasteiger partial charge in [0.2, 0.25) is 10.0 Å². The highest BCUT2D eigenvalue weighted by Crippen LogP contribution is 2.14. The molecule has 0 radical (unpaired) electrons. The topological polar surface area (TPSA) is 58.2 Å². The Morgan fingerprint density at radius 3 is 2.25 bits per heavy atom. The molecule has 20 heavy (non-hydrogen) atoms. The second-order valence-electron chi connectivity index (χ2n) is 4.53. The molecule has 5 heteroatoms. The van der Waals surface area contributed by atoms with E-state index in [1.54, 1.807) is 31.3 Å². The number of hydrogen-bond acceptors (Lipinski definition) is 3. The van der Waals surface area contributed by atoms with Crippen LogP contribution in [0.5, 0.6) is 0 Å². The Bertz CT molecular complexity index is 679. The first-order valence-corrected chi connectivity index (χ1v) is 7.83. The quantitative estimate of drug-likeness (QED) is 0.889. The number of benzene rings is 2. The Hall–Kier alpha value is -1.85. The minimum atomic E-state index is -3.48. The van der Waals surface area contributed by atoms with Gasteiger partial charge < -0.3 is 5.32 Å². The van der Waals surface area contributed by atoms with Gasteiger partial charge in [-0.3, -0.25) is 0 Å². The maximum atomic E-state index is 12.2. The van der Waals surface area contributed by atoms with Crippen molar-refractivity contribution in [1.82, 2.24) is 4.72 Å². The molecule has 2 rings (SSSR count). The summed E-state index contributed by atoms with van der Waals surface area (Å²) in [5.41, 5.74) is 2.92. The molecular formula is C15H18N2O2S. The SMILES string of the molecule is CNc1ccc(S(=O)(=O)NCc2ccccc2C)cc1. The molecule has 0 amide bonds. The Balaban J connectivity index is 2.13. The molecule has 0 saturated carbocycles. The zero-order valence-corrected chi connectivity index (χ0v) is 12.4. The third kappa shape index (κ3) is 3.37. The summed E-state index contributed by atoms with van der Waals surface area (Å²) in [6.07, 6.45) is 0. The van der Waals surface area contributed by atoms with Crippen molar-refractivity contribution in [3.63, 3.8) is 0 Å². The van der Waals surface area contributed by atoms with Crippen LogP contribution >= 0.6 is 0 Å². The summed E-state index contributed by atoms with van der Waals surface area (Å²) in [7, 11) is -1.69. The van der Waals surface area contributed by atoms with Gasteiger partial charge in [0.25, 0.3) is 0 Å². The number of sulfonamides is 1. The van der Waals surface area contributed by atoms with Crippen LogP contribution in [0, 0.1) is 6.92 Å². The molecule has 0 unspecified atom stereocenters. The Morgan fingerprint density at radius 2 is 1.65 bits per heavy atom. The summed E-state index contributed by atoms with van der Waals surface area (Å²) in [6.45, 7) is 2.26. The fourth-order valence-electron chi connectivity index (χ4n) is 1.87. The van der Waals surface area contributed by atoms with Gasteiger partial charge in [-0.1, -0.05) is 24.3 Å². The molecule has 2 aromatic rings. The summed E-state index contributed by atoms with van der Waals surface area (Å²) in [5, 5.41) is 2.96. The van der Waals surface area contributed by atoms with Gasteiger partial charge in [-0.25, -0.2) is 13.1 Å². The minimum absolute atomic E-state index is 0.269. The first kappa shape index (κ1) is 14.6. The average Bonchev–Trinajstić information content (AvgIpc) is 2.46. The van der Waals surface area contributed by atoms with E-state index in [4.69, 9.17) is 0 Å². The lowest BCUT2D eigenvalue weighted by atomic mass is 10.1. The van der Waals surface area contributed by atoms with Gasteiger partial charge in [-0.05, 0) is 42.3 Å². The van der Waals surface area contributed by atoms with Gasteiger partial charge in [0.05, 0.1) is 4.90 Å².